The second-order valence-corrected chi connectivity index (χ2v) is 5.82. The molecule has 4 aromatic rings. The van der Waals surface area contributed by atoms with E-state index >= 15 is 0 Å². The lowest BCUT2D eigenvalue weighted by atomic mass is 10.1. The molecule has 0 saturated heterocycles. The van der Waals surface area contributed by atoms with E-state index in [1.54, 1.807) is 0 Å². The highest BCUT2D eigenvalue weighted by Crippen LogP contribution is 2.22. The Hall–Kier alpha value is -2.77. The zero-order valence-electron chi connectivity index (χ0n) is 12.6. The number of hydrogen-bond acceptors (Lipinski definition) is 5. The van der Waals surface area contributed by atoms with E-state index in [0.29, 0.717) is 23.9 Å². The largest absolute Gasteiger partial charge is 0.324 e. The van der Waals surface area contributed by atoms with Gasteiger partial charge in [0.05, 0.1) is 17.6 Å². The van der Waals surface area contributed by atoms with Gasteiger partial charge in [-0.3, -0.25) is 0 Å². The summed E-state index contributed by atoms with van der Waals surface area (Å²) in [6.45, 7) is 1.05. The molecule has 120 valence electrons. The number of fused-ring (bicyclic) bond motifs is 1. The lowest BCUT2D eigenvalue weighted by Crippen LogP contribution is -2.09. The van der Waals surface area contributed by atoms with Crippen LogP contribution in [0.1, 0.15) is 11.4 Å². The minimum absolute atomic E-state index is 0.368. The first-order valence-corrected chi connectivity index (χ1v) is 7.80. The van der Waals surface area contributed by atoms with E-state index in [2.05, 4.69) is 30.2 Å². The first kappa shape index (κ1) is 14.8. The standard InChI is InChI=1S/C16H14ClN7/c17-12-5-6-14-13(7-12)19-15(8-18)24(14)9-10-1-3-11(4-2-10)16-20-22-23-21-16/h1-7H,8-9,18H2,(H,20,21,22,23). The van der Waals surface area contributed by atoms with E-state index in [0.717, 1.165) is 28.0 Å². The van der Waals surface area contributed by atoms with Crippen LogP contribution in [0.4, 0.5) is 0 Å². The molecular weight excluding hydrogens is 326 g/mol. The van der Waals surface area contributed by atoms with Gasteiger partial charge in [-0.1, -0.05) is 35.9 Å². The number of nitrogens with two attached hydrogens (primary N) is 1. The van der Waals surface area contributed by atoms with Crippen LogP contribution >= 0.6 is 11.6 Å². The monoisotopic (exact) mass is 339 g/mol. The molecule has 2 heterocycles. The molecule has 0 aliphatic heterocycles. The summed E-state index contributed by atoms with van der Waals surface area (Å²) in [6, 6.07) is 13.7. The number of hydrogen-bond donors (Lipinski definition) is 2. The Balaban J connectivity index is 1.69. The Kier molecular flexibility index (Phi) is 3.72. The van der Waals surface area contributed by atoms with Crippen molar-refractivity contribution < 1.29 is 0 Å². The maximum Gasteiger partial charge on any atom is 0.204 e. The van der Waals surface area contributed by atoms with Gasteiger partial charge in [-0.25, -0.2) is 4.98 Å². The van der Waals surface area contributed by atoms with Gasteiger partial charge in [0.25, 0.3) is 0 Å². The third-order valence-electron chi connectivity index (χ3n) is 3.87. The molecule has 0 aliphatic carbocycles. The van der Waals surface area contributed by atoms with E-state index in [4.69, 9.17) is 17.3 Å². The highest BCUT2D eigenvalue weighted by atomic mass is 35.5. The Morgan fingerprint density at radius 3 is 2.67 bits per heavy atom. The fourth-order valence-electron chi connectivity index (χ4n) is 2.71. The van der Waals surface area contributed by atoms with Crippen LogP contribution in [0.2, 0.25) is 5.02 Å². The van der Waals surface area contributed by atoms with Gasteiger partial charge in [-0.05, 0) is 29.0 Å². The van der Waals surface area contributed by atoms with Crippen LogP contribution in [0.5, 0.6) is 0 Å². The van der Waals surface area contributed by atoms with Crippen molar-refractivity contribution in [3.05, 3.63) is 58.9 Å². The van der Waals surface area contributed by atoms with Crippen LogP contribution in [-0.4, -0.2) is 30.2 Å². The Labute approximate surface area is 142 Å². The molecule has 0 atom stereocenters. The van der Waals surface area contributed by atoms with E-state index in [1.165, 1.54) is 0 Å². The summed E-state index contributed by atoms with van der Waals surface area (Å²) in [4.78, 5) is 4.57. The minimum atomic E-state index is 0.368. The van der Waals surface area contributed by atoms with Gasteiger partial charge >= 0.3 is 0 Å². The molecule has 0 spiro atoms. The van der Waals surface area contributed by atoms with E-state index in [-0.39, 0.29) is 0 Å². The van der Waals surface area contributed by atoms with Gasteiger partial charge in [-0.2, -0.15) is 5.21 Å². The van der Waals surface area contributed by atoms with Crippen molar-refractivity contribution in [2.24, 2.45) is 5.73 Å². The van der Waals surface area contributed by atoms with E-state index in [9.17, 15) is 0 Å². The van der Waals surface area contributed by atoms with Crippen molar-refractivity contribution in [3.63, 3.8) is 0 Å². The zero-order valence-corrected chi connectivity index (χ0v) is 13.4. The molecule has 24 heavy (non-hydrogen) atoms. The smallest absolute Gasteiger partial charge is 0.204 e. The summed E-state index contributed by atoms with van der Waals surface area (Å²) in [7, 11) is 0. The maximum atomic E-state index is 6.05. The average molecular weight is 340 g/mol. The number of benzene rings is 2. The summed E-state index contributed by atoms with van der Waals surface area (Å²) in [5.74, 6) is 1.40. The fraction of sp³-hybridized carbons (Fsp3) is 0.125. The number of aromatic amines is 1. The van der Waals surface area contributed by atoms with Crippen molar-refractivity contribution in [1.29, 1.82) is 0 Å². The number of aromatic nitrogens is 6. The van der Waals surface area contributed by atoms with Crippen molar-refractivity contribution in [3.8, 4) is 11.4 Å². The summed E-state index contributed by atoms with van der Waals surface area (Å²) in [5.41, 5.74) is 9.76. The number of rotatable bonds is 4. The molecule has 2 aromatic heterocycles. The molecule has 4 rings (SSSR count). The molecule has 7 nitrogen and oxygen atoms in total. The van der Waals surface area contributed by atoms with Gasteiger partial charge in [0, 0.05) is 17.1 Å². The average Bonchev–Trinajstić information content (AvgIpc) is 3.23. The highest BCUT2D eigenvalue weighted by Gasteiger charge is 2.11. The summed E-state index contributed by atoms with van der Waals surface area (Å²) in [6.07, 6.45) is 0. The van der Waals surface area contributed by atoms with Gasteiger partial charge < -0.3 is 10.3 Å². The van der Waals surface area contributed by atoms with Crippen molar-refractivity contribution in [1.82, 2.24) is 30.2 Å². The number of halogens is 1. The van der Waals surface area contributed by atoms with Crippen molar-refractivity contribution in [2.45, 2.75) is 13.1 Å². The first-order valence-electron chi connectivity index (χ1n) is 7.42. The van der Waals surface area contributed by atoms with Crippen LogP contribution in [0.15, 0.2) is 42.5 Å². The van der Waals surface area contributed by atoms with Crippen LogP contribution in [-0.2, 0) is 13.1 Å². The van der Waals surface area contributed by atoms with Crippen LogP contribution in [0, 0.1) is 0 Å². The third-order valence-corrected chi connectivity index (χ3v) is 4.11. The predicted molar refractivity (Wildman–Crippen MR) is 91.4 cm³/mol. The second-order valence-electron chi connectivity index (χ2n) is 5.38. The molecular formula is C16H14ClN7. The highest BCUT2D eigenvalue weighted by molar-refractivity contribution is 6.31. The number of H-pyrrole nitrogens is 1. The molecule has 0 aliphatic rings. The molecule has 2 aromatic carbocycles. The third kappa shape index (κ3) is 2.64. The maximum absolute atomic E-state index is 6.05. The van der Waals surface area contributed by atoms with Gasteiger partial charge in [0.2, 0.25) is 5.82 Å². The lowest BCUT2D eigenvalue weighted by Gasteiger charge is -2.09. The quantitative estimate of drug-likeness (QED) is 0.594. The van der Waals surface area contributed by atoms with Crippen LogP contribution < -0.4 is 5.73 Å². The summed E-state index contributed by atoms with van der Waals surface area (Å²) in [5, 5.41) is 14.6. The summed E-state index contributed by atoms with van der Waals surface area (Å²) >= 11 is 6.05. The van der Waals surface area contributed by atoms with Gasteiger partial charge in [0.15, 0.2) is 0 Å². The molecule has 0 amide bonds. The van der Waals surface area contributed by atoms with E-state index < -0.39 is 0 Å². The number of nitrogens with zero attached hydrogens (tertiary/aromatic N) is 5. The Morgan fingerprint density at radius 2 is 1.96 bits per heavy atom. The number of nitrogens with one attached hydrogen (secondary N) is 1. The Morgan fingerprint density at radius 1 is 1.12 bits per heavy atom. The van der Waals surface area contributed by atoms with Crippen molar-refractivity contribution in [2.75, 3.05) is 0 Å². The predicted octanol–water partition coefficient (Wildman–Crippen LogP) is 2.38. The minimum Gasteiger partial charge on any atom is -0.324 e. The fourth-order valence-corrected chi connectivity index (χ4v) is 2.88. The first-order chi connectivity index (χ1) is 11.7. The number of tetrazole rings is 1. The molecule has 0 radical (unpaired) electrons. The van der Waals surface area contributed by atoms with Crippen LogP contribution in [0.25, 0.3) is 22.4 Å². The van der Waals surface area contributed by atoms with Crippen LogP contribution in [0.3, 0.4) is 0 Å². The lowest BCUT2D eigenvalue weighted by molar-refractivity contribution is 0.744. The van der Waals surface area contributed by atoms with Gasteiger partial charge in [0.1, 0.15) is 5.82 Å². The molecule has 8 heteroatoms. The summed E-state index contributed by atoms with van der Waals surface area (Å²) < 4.78 is 2.11. The SMILES string of the molecule is NCc1nc2cc(Cl)ccc2n1Cc1ccc(-c2nn[nH]n2)cc1. The molecule has 0 fully saturated rings. The molecule has 0 bridgehead atoms. The Bertz CT molecular complexity index is 974. The normalized spacial score (nSPS) is 11.2. The second kappa shape index (κ2) is 6.03. The molecule has 0 saturated carbocycles. The van der Waals surface area contributed by atoms with Gasteiger partial charge in [-0.15, -0.1) is 10.2 Å². The zero-order chi connectivity index (χ0) is 16.5. The molecule has 3 N–H and O–H groups in total. The molecule has 0 unspecified atom stereocenters. The van der Waals surface area contributed by atoms with Crippen molar-refractivity contribution >= 4 is 22.6 Å². The topological polar surface area (TPSA) is 98.3 Å². The number of imidazole rings is 1. The van der Waals surface area contributed by atoms with E-state index in [1.807, 2.05) is 42.5 Å².